The van der Waals surface area contributed by atoms with Gasteiger partial charge in [0, 0.05) is 29.5 Å². The number of aryl methyl sites for hydroxylation is 1. The number of H-pyrrole nitrogens is 1. The second kappa shape index (κ2) is 12.3. The summed E-state index contributed by atoms with van der Waals surface area (Å²) in [5.41, 5.74) is 3.24. The van der Waals surface area contributed by atoms with Crippen LogP contribution in [0.25, 0.3) is 33.7 Å². The number of aromatic amines is 1. The van der Waals surface area contributed by atoms with Crippen molar-refractivity contribution in [2.75, 3.05) is 13.2 Å². The highest BCUT2D eigenvalue weighted by Gasteiger charge is 2.25. The number of carbonyl (C=O) groups excluding carboxylic acids is 1. The van der Waals surface area contributed by atoms with Gasteiger partial charge in [-0.15, -0.1) is 5.10 Å². The Balaban J connectivity index is 1.51. The van der Waals surface area contributed by atoms with E-state index in [-0.39, 0.29) is 17.5 Å². The maximum absolute atomic E-state index is 12.9. The molecule has 11 nitrogen and oxygen atoms in total. The molecule has 208 valence electrons. The van der Waals surface area contributed by atoms with Gasteiger partial charge in [0.1, 0.15) is 29.9 Å². The minimum Gasteiger partial charge on any atom is -0.458 e. The van der Waals surface area contributed by atoms with Gasteiger partial charge in [0.05, 0.1) is 11.1 Å². The number of aliphatic hydroxyl groups excluding tert-OH is 2. The fourth-order valence-corrected chi connectivity index (χ4v) is 5.26. The van der Waals surface area contributed by atoms with Crippen LogP contribution in [0.2, 0.25) is 5.15 Å². The summed E-state index contributed by atoms with van der Waals surface area (Å²) >= 11 is 10.1. The van der Waals surface area contributed by atoms with Gasteiger partial charge in [-0.3, -0.25) is 0 Å². The summed E-state index contributed by atoms with van der Waals surface area (Å²) in [6.07, 6.45) is 1.24. The molecule has 5 rings (SSSR count). The minimum absolute atomic E-state index is 0.0287. The number of carbonyl (C=O) groups is 1. The standard InChI is InChI=1S/C27H26BrClN6O5/c1-2-3-8-21-30-25(29)23(27(38)39-14-16(37)13-36)35(21)12-15-9-10-20-19(11-15)22(28)24(40-20)17-6-4-5-7-18(17)26-31-33-34-32-26/h4-7,9-11,16,36-37H,2-3,8,12-14H2,1H3,(H,31,32,33,34). The molecule has 1 unspecified atom stereocenters. The number of hydrogen-bond donors (Lipinski definition) is 3. The number of imidazole rings is 1. The lowest BCUT2D eigenvalue weighted by molar-refractivity contribution is 0.00855. The zero-order chi connectivity index (χ0) is 28.2. The second-order valence-electron chi connectivity index (χ2n) is 9.16. The molecule has 0 fully saturated rings. The molecule has 2 aromatic carbocycles. The summed E-state index contributed by atoms with van der Waals surface area (Å²) in [6, 6.07) is 13.4. The zero-order valence-corrected chi connectivity index (χ0v) is 23.8. The summed E-state index contributed by atoms with van der Waals surface area (Å²) in [7, 11) is 0. The number of aromatic nitrogens is 6. The van der Waals surface area contributed by atoms with E-state index in [4.69, 9.17) is 25.9 Å². The molecular weight excluding hydrogens is 604 g/mol. The van der Waals surface area contributed by atoms with E-state index < -0.39 is 18.7 Å². The van der Waals surface area contributed by atoms with Crippen LogP contribution in [0.15, 0.2) is 51.4 Å². The lowest BCUT2D eigenvalue weighted by Gasteiger charge is -2.13. The van der Waals surface area contributed by atoms with Gasteiger partial charge >= 0.3 is 5.97 Å². The number of fused-ring (bicyclic) bond motifs is 1. The Morgan fingerprint density at radius 3 is 2.77 bits per heavy atom. The minimum atomic E-state index is -1.18. The van der Waals surface area contributed by atoms with Crippen LogP contribution < -0.4 is 0 Å². The van der Waals surface area contributed by atoms with E-state index in [0.29, 0.717) is 36.0 Å². The molecule has 3 N–H and O–H groups in total. The van der Waals surface area contributed by atoms with E-state index >= 15 is 0 Å². The zero-order valence-electron chi connectivity index (χ0n) is 21.5. The number of ether oxygens (including phenoxy) is 1. The van der Waals surface area contributed by atoms with Gasteiger partial charge in [0.25, 0.3) is 0 Å². The number of furan rings is 1. The van der Waals surface area contributed by atoms with Crippen molar-refractivity contribution < 1.29 is 24.2 Å². The molecule has 1 atom stereocenters. The molecule has 0 radical (unpaired) electrons. The first-order valence-corrected chi connectivity index (χ1v) is 13.8. The average Bonchev–Trinajstić information content (AvgIpc) is 3.69. The molecule has 0 aliphatic heterocycles. The van der Waals surface area contributed by atoms with Crippen LogP contribution in [-0.2, 0) is 17.7 Å². The third-order valence-corrected chi connectivity index (χ3v) is 7.42. The van der Waals surface area contributed by atoms with Crippen molar-refractivity contribution in [3.8, 4) is 22.7 Å². The molecule has 40 heavy (non-hydrogen) atoms. The maximum Gasteiger partial charge on any atom is 0.358 e. The number of tetrazole rings is 1. The molecule has 5 aromatic rings. The normalized spacial score (nSPS) is 12.2. The first-order valence-electron chi connectivity index (χ1n) is 12.7. The van der Waals surface area contributed by atoms with E-state index in [0.717, 1.165) is 39.4 Å². The number of unbranched alkanes of at least 4 members (excludes halogenated alkanes) is 1. The first kappa shape index (κ1) is 28.0. The van der Waals surface area contributed by atoms with Gasteiger partial charge in [-0.25, -0.2) is 14.9 Å². The van der Waals surface area contributed by atoms with Crippen LogP contribution in [0.4, 0.5) is 0 Å². The van der Waals surface area contributed by atoms with Crippen molar-refractivity contribution in [1.29, 1.82) is 0 Å². The summed E-state index contributed by atoms with van der Waals surface area (Å²) in [5, 5.41) is 33.8. The highest BCUT2D eigenvalue weighted by Crippen LogP contribution is 2.41. The molecule has 0 aliphatic rings. The number of nitrogens with zero attached hydrogens (tertiary/aromatic N) is 5. The SMILES string of the molecule is CCCCc1nc(Cl)c(C(=O)OCC(O)CO)n1Cc1ccc2oc(-c3ccccc3-c3nnn[nH]3)c(Br)c2c1. The lowest BCUT2D eigenvalue weighted by atomic mass is 10.0. The molecule has 0 amide bonds. The van der Waals surface area contributed by atoms with Gasteiger partial charge < -0.3 is 23.9 Å². The van der Waals surface area contributed by atoms with E-state index in [1.807, 2.05) is 42.5 Å². The van der Waals surface area contributed by atoms with Crippen molar-refractivity contribution >= 4 is 44.5 Å². The van der Waals surface area contributed by atoms with Crippen molar-refractivity contribution in [3.05, 3.63) is 69.2 Å². The van der Waals surface area contributed by atoms with E-state index in [1.54, 1.807) is 4.57 Å². The van der Waals surface area contributed by atoms with Gasteiger partial charge in [0.15, 0.2) is 16.7 Å². The Kier molecular flexibility index (Phi) is 8.60. The van der Waals surface area contributed by atoms with Crippen molar-refractivity contribution in [1.82, 2.24) is 30.2 Å². The fraction of sp³-hybridized carbons (Fsp3) is 0.296. The van der Waals surface area contributed by atoms with Crippen LogP contribution in [0.5, 0.6) is 0 Å². The van der Waals surface area contributed by atoms with Crippen LogP contribution >= 0.6 is 27.5 Å². The van der Waals surface area contributed by atoms with Crippen LogP contribution in [0.1, 0.15) is 41.6 Å². The monoisotopic (exact) mass is 628 g/mol. The third kappa shape index (κ3) is 5.66. The van der Waals surface area contributed by atoms with Crippen LogP contribution in [-0.4, -0.2) is 65.7 Å². The topological polar surface area (TPSA) is 152 Å². The third-order valence-electron chi connectivity index (χ3n) is 6.37. The van der Waals surface area contributed by atoms with Crippen molar-refractivity contribution in [2.24, 2.45) is 0 Å². The quantitative estimate of drug-likeness (QED) is 0.175. The number of esters is 1. The Labute approximate surface area is 242 Å². The molecule has 3 aromatic heterocycles. The van der Waals surface area contributed by atoms with Gasteiger partial charge in [-0.2, -0.15) is 0 Å². The second-order valence-corrected chi connectivity index (χ2v) is 10.3. The number of nitrogens with one attached hydrogen (secondary N) is 1. The molecule has 0 spiro atoms. The Bertz CT molecular complexity index is 1630. The molecule has 13 heteroatoms. The lowest BCUT2D eigenvalue weighted by Crippen LogP contribution is -2.23. The van der Waals surface area contributed by atoms with E-state index in [1.165, 1.54) is 0 Å². The molecule has 0 saturated heterocycles. The summed E-state index contributed by atoms with van der Waals surface area (Å²) in [4.78, 5) is 17.4. The number of hydrogen-bond acceptors (Lipinski definition) is 9. The van der Waals surface area contributed by atoms with Crippen molar-refractivity contribution in [2.45, 2.75) is 38.8 Å². The fourth-order valence-electron chi connectivity index (χ4n) is 4.38. The summed E-state index contributed by atoms with van der Waals surface area (Å²) in [5.74, 6) is 1.08. The summed E-state index contributed by atoms with van der Waals surface area (Å²) < 4.78 is 14.0. The van der Waals surface area contributed by atoms with Gasteiger partial charge in [-0.1, -0.05) is 55.3 Å². The molecule has 0 bridgehead atoms. The Morgan fingerprint density at radius 2 is 2.05 bits per heavy atom. The smallest absolute Gasteiger partial charge is 0.358 e. The van der Waals surface area contributed by atoms with Gasteiger partial charge in [0.2, 0.25) is 0 Å². The first-order chi connectivity index (χ1) is 19.4. The highest BCUT2D eigenvalue weighted by atomic mass is 79.9. The molecule has 0 aliphatic carbocycles. The van der Waals surface area contributed by atoms with E-state index in [9.17, 15) is 9.90 Å². The number of benzene rings is 2. The van der Waals surface area contributed by atoms with E-state index in [2.05, 4.69) is 48.5 Å². The maximum atomic E-state index is 12.9. The number of rotatable bonds is 11. The number of aliphatic hydroxyl groups is 2. The summed E-state index contributed by atoms with van der Waals surface area (Å²) in [6.45, 7) is 1.49. The van der Waals surface area contributed by atoms with Crippen molar-refractivity contribution in [3.63, 3.8) is 0 Å². The molecule has 0 saturated carbocycles. The largest absolute Gasteiger partial charge is 0.458 e. The Hall–Kier alpha value is -3.58. The highest BCUT2D eigenvalue weighted by molar-refractivity contribution is 9.10. The van der Waals surface area contributed by atoms with Crippen LogP contribution in [0, 0.1) is 0 Å². The predicted molar refractivity (Wildman–Crippen MR) is 151 cm³/mol. The van der Waals surface area contributed by atoms with Gasteiger partial charge in [-0.05, 0) is 50.5 Å². The predicted octanol–water partition coefficient (Wildman–Crippen LogP) is 4.79. The molecule has 3 heterocycles. The average molecular weight is 630 g/mol. The van der Waals surface area contributed by atoms with Crippen LogP contribution in [0.3, 0.4) is 0 Å². The molecular formula is C27H26BrClN6O5. The number of halogens is 2. The Morgan fingerprint density at radius 1 is 1.25 bits per heavy atom.